The predicted octanol–water partition coefficient (Wildman–Crippen LogP) is 14.1. The SMILES string of the molecule is C=C(C)C(=O)OCCOC(=O)c1ccc(CSC2(P(C)(=O)OCC)SC3(CCCCCCCCCCC45C=CC(C4)C(SCc4ccc(C(=O)OCCOC(C)=O)cc4)(P(C)(=O)OCC)S5)C=CC2C3)cc1. The molecule has 8 atom stereocenters. The highest BCUT2D eigenvalue weighted by atomic mass is 32.2. The van der Waals surface area contributed by atoms with Crippen LogP contribution in [-0.2, 0) is 58.2 Å². The summed E-state index contributed by atoms with van der Waals surface area (Å²) in [5, 5.41) is 0. The van der Waals surface area contributed by atoms with Crippen LogP contribution in [0.25, 0.3) is 0 Å². The summed E-state index contributed by atoms with van der Waals surface area (Å²) >= 11 is 7.16. The Morgan fingerprint density at radius 2 is 0.972 bits per heavy atom. The van der Waals surface area contributed by atoms with Crippen molar-refractivity contribution in [2.75, 3.05) is 53.0 Å². The maximum atomic E-state index is 14.5. The van der Waals surface area contributed by atoms with Crippen molar-refractivity contribution in [3.63, 3.8) is 0 Å². The number of carbonyl (C=O) groups excluding carboxylic acids is 4. The molecule has 0 aromatic heterocycles. The third-order valence-electron chi connectivity index (χ3n) is 13.7. The molecule has 2 aliphatic carbocycles. The van der Waals surface area contributed by atoms with E-state index in [0.717, 1.165) is 49.7 Å². The summed E-state index contributed by atoms with van der Waals surface area (Å²) < 4.78 is 60.2. The number of unbranched alkanes of at least 4 members (excludes halogenated alkanes) is 7. The van der Waals surface area contributed by atoms with Crippen LogP contribution in [0.15, 0.2) is 85.0 Å². The molecule has 0 amide bonds. The molecule has 2 aliphatic heterocycles. The monoisotopic (exact) mass is 1100 g/mol. The number of hydrogen-bond donors (Lipinski definition) is 0. The van der Waals surface area contributed by atoms with E-state index in [9.17, 15) is 28.3 Å². The second kappa shape index (κ2) is 26.4. The molecule has 2 aromatic carbocycles. The first-order valence-electron chi connectivity index (χ1n) is 25.3. The van der Waals surface area contributed by atoms with E-state index in [0.29, 0.717) is 35.8 Å². The number of fused-ring (bicyclic) bond motifs is 4. The minimum atomic E-state index is -3.05. The van der Waals surface area contributed by atoms with Crippen molar-refractivity contribution in [2.24, 2.45) is 11.8 Å². The Balaban J connectivity index is 0.910. The minimum Gasteiger partial charge on any atom is -0.462 e. The average molecular weight is 1110 g/mol. The molecule has 0 saturated carbocycles. The van der Waals surface area contributed by atoms with Crippen LogP contribution in [0.4, 0.5) is 0 Å². The molecule has 18 heteroatoms. The molecule has 2 aromatic rings. The molecule has 4 bridgehead atoms. The number of benzene rings is 2. The number of allylic oxidation sites excluding steroid dienone is 2. The molecule has 12 nitrogen and oxygen atoms in total. The van der Waals surface area contributed by atoms with Gasteiger partial charge < -0.3 is 28.0 Å². The number of hydrogen-bond acceptors (Lipinski definition) is 16. The van der Waals surface area contributed by atoms with Crippen LogP contribution in [0.3, 0.4) is 0 Å². The van der Waals surface area contributed by atoms with Crippen molar-refractivity contribution in [2.45, 2.75) is 133 Å². The van der Waals surface area contributed by atoms with Crippen LogP contribution in [0.5, 0.6) is 0 Å². The first-order valence-corrected chi connectivity index (χ1v) is 33.1. The van der Waals surface area contributed by atoms with E-state index in [1.165, 1.54) is 45.4 Å². The van der Waals surface area contributed by atoms with Gasteiger partial charge in [0, 0.05) is 58.7 Å². The maximum Gasteiger partial charge on any atom is 0.338 e. The van der Waals surface area contributed by atoms with E-state index < -0.39 is 46.3 Å². The first-order chi connectivity index (χ1) is 34.3. The lowest BCUT2D eigenvalue weighted by molar-refractivity contribution is -0.142. The van der Waals surface area contributed by atoms with Gasteiger partial charge in [-0.25, -0.2) is 14.4 Å². The summed E-state index contributed by atoms with van der Waals surface area (Å²) in [4.78, 5) is 47.7. The average Bonchev–Trinajstić information content (AvgIpc) is 4.13. The molecule has 0 N–H and O–H groups in total. The van der Waals surface area contributed by atoms with Crippen molar-refractivity contribution < 1.29 is 56.3 Å². The van der Waals surface area contributed by atoms with E-state index in [1.807, 2.05) is 75.0 Å². The van der Waals surface area contributed by atoms with Gasteiger partial charge in [-0.1, -0.05) is 107 Å². The van der Waals surface area contributed by atoms with E-state index in [-0.39, 0.29) is 53.3 Å². The van der Waals surface area contributed by atoms with Gasteiger partial charge in [-0.3, -0.25) is 13.9 Å². The molecule has 2 fully saturated rings. The molecule has 0 spiro atoms. The number of thioether (sulfide) groups is 4. The zero-order chi connectivity index (χ0) is 52.0. The third-order valence-corrected chi connectivity index (χ3v) is 30.0. The van der Waals surface area contributed by atoms with Crippen molar-refractivity contribution in [3.8, 4) is 0 Å². The van der Waals surface area contributed by atoms with Crippen LogP contribution < -0.4 is 0 Å². The van der Waals surface area contributed by atoms with Crippen LogP contribution >= 0.6 is 61.8 Å². The Kier molecular flexibility index (Phi) is 21.5. The normalized spacial score (nSPS) is 26.2. The molecule has 6 rings (SSSR count). The fourth-order valence-corrected chi connectivity index (χ4v) is 25.1. The Morgan fingerprint density at radius 1 is 0.597 bits per heavy atom. The summed E-state index contributed by atoms with van der Waals surface area (Å²) in [6.07, 6.45) is 22.8. The highest BCUT2D eigenvalue weighted by Crippen LogP contribution is 2.81. The van der Waals surface area contributed by atoms with Crippen molar-refractivity contribution in [1.29, 1.82) is 0 Å². The Morgan fingerprint density at radius 3 is 1.35 bits per heavy atom. The summed E-state index contributed by atoms with van der Waals surface area (Å²) in [6.45, 7) is 14.6. The third kappa shape index (κ3) is 14.6. The van der Waals surface area contributed by atoms with E-state index in [4.69, 9.17) is 28.0 Å². The number of ether oxygens (including phenoxy) is 4. The minimum absolute atomic E-state index is 0.00534. The zero-order valence-electron chi connectivity index (χ0n) is 42.9. The van der Waals surface area contributed by atoms with E-state index in [1.54, 1.807) is 54.7 Å². The van der Waals surface area contributed by atoms with Crippen LogP contribution in [-0.4, -0.2) is 94.0 Å². The molecule has 2 saturated heterocycles. The highest BCUT2D eigenvalue weighted by molar-refractivity contribution is 8.26. The van der Waals surface area contributed by atoms with Gasteiger partial charge in [0.2, 0.25) is 14.7 Å². The molecular weight excluding hydrogens is 1030 g/mol. The Hall–Kier alpha value is -2.68. The number of rotatable bonds is 32. The van der Waals surface area contributed by atoms with Crippen molar-refractivity contribution in [1.82, 2.24) is 0 Å². The van der Waals surface area contributed by atoms with Gasteiger partial charge >= 0.3 is 23.9 Å². The van der Waals surface area contributed by atoms with Gasteiger partial charge in [0.25, 0.3) is 0 Å². The number of esters is 4. The second-order valence-corrected chi connectivity index (χ2v) is 32.1. The predicted molar refractivity (Wildman–Crippen MR) is 296 cm³/mol. The Labute approximate surface area is 444 Å². The smallest absolute Gasteiger partial charge is 0.338 e. The van der Waals surface area contributed by atoms with Crippen molar-refractivity contribution in [3.05, 3.63) is 107 Å². The molecule has 2 heterocycles. The van der Waals surface area contributed by atoms with Gasteiger partial charge in [0.05, 0.1) is 24.3 Å². The molecule has 4 aliphatic rings. The van der Waals surface area contributed by atoms with Gasteiger partial charge in [-0.2, -0.15) is 0 Å². The molecule has 72 heavy (non-hydrogen) atoms. The first kappa shape index (κ1) is 58.6. The number of carbonyl (C=O) groups is 4. The van der Waals surface area contributed by atoms with Gasteiger partial charge in [-0.15, -0.1) is 47.0 Å². The lowest BCUT2D eigenvalue weighted by Crippen LogP contribution is -2.29. The summed E-state index contributed by atoms with van der Waals surface area (Å²) in [7, 11) is -6.09. The fourth-order valence-electron chi connectivity index (χ4n) is 10.0. The second-order valence-electron chi connectivity index (χ2n) is 19.3. The van der Waals surface area contributed by atoms with Crippen LogP contribution in [0.1, 0.15) is 137 Å². The summed E-state index contributed by atoms with van der Waals surface area (Å²) in [5.41, 5.74) is 3.16. The fraction of sp³-hybridized carbons (Fsp3) is 0.593. The molecule has 396 valence electrons. The Bertz CT molecular complexity index is 2380. The zero-order valence-corrected chi connectivity index (χ0v) is 47.9. The topological polar surface area (TPSA) is 158 Å². The van der Waals surface area contributed by atoms with Gasteiger partial charge in [0.15, 0.2) is 0 Å². The highest BCUT2D eigenvalue weighted by Gasteiger charge is 2.65. The maximum absolute atomic E-state index is 14.5. The van der Waals surface area contributed by atoms with Gasteiger partial charge in [0.1, 0.15) is 34.1 Å². The molecule has 0 radical (unpaired) electrons. The summed E-state index contributed by atoms with van der Waals surface area (Å²) in [6, 6.07) is 14.6. The van der Waals surface area contributed by atoms with E-state index in [2.05, 4.69) is 30.9 Å². The quantitative estimate of drug-likeness (QED) is 0.0170. The standard InChI is InChI=1S/C54H74O12P2S4/c1-8-65-67(6,59)53(69-38-42-18-22-44(23-19-42)49(57)63-33-32-61-41(5)55)46-26-30-51(36-46,71-53)28-16-14-12-10-11-13-15-17-29-52-31-27-47(37-52)54(72-52,68(7,60)66-9-2)70-39-43-20-24-45(25-21-43)50(58)64-35-34-62-48(56)40(3)4/h18-27,30-31,46-47H,3,8-17,28-29,32-39H2,1-2,4-7H3. The lowest BCUT2D eigenvalue weighted by atomic mass is 9.96. The lowest BCUT2D eigenvalue weighted by Gasteiger charge is -2.40. The summed E-state index contributed by atoms with van der Waals surface area (Å²) in [5.74, 6) is -0.371. The largest absolute Gasteiger partial charge is 0.462 e. The van der Waals surface area contributed by atoms with Crippen LogP contribution in [0.2, 0.25) is 0 Å². The van der Waals surface area contributed by atoms with E-state index >= 15 is 0 Å². The van der Waals surface area contributed by atoms with Crippen LogP contribution in [0, 0.1) is 11.8 Å². The van der Waals surface area contributed by atoms with Crippen molar-refractivity contribution >= 4 is 85.7 Å². The molecule has 8 unspecified atom stereocenters. The molecular formula is C54H74O12P2S4. The van der Waals surface area contributed by atoms with Gasteiger partial charge in [-0.05, 0) is 81.8 Å².